The maximum absolute atomic E-state index is 12.8. The van der Waals surface area contributed by atoms with E-state index in [9.17, 15) is 13.2 Å². The molecule has 3 aromatic rings. The average Bonchev–Trinajstić information content (AvgIpc) is 2.89. The van der Waals surface area contributed by atoms with E-state index < -0.39 is 11.7 Å². The van der Waals surface area contributed by atoms with Crippen molar-refractivity contribution in [1.82, 2.24) is 14.3 Å². The molecule has 4 nitrogen and oxygen atoms in total. The van der Waals surface area contributed by atoms with Crippen LogP contribution < -0.4 is 5.73 Å². The summed E-state index contributed by atoms with van der Waals surface area (Å²) < 4.78 is 41.7. The van der Waals surface area contributed by atoms with Gasteiger partial charge in [-0.15, -0.1) is 0 Å². The Morgan fingerprint density at radius 1 is 1.19 bits per heavy atom. The molecule has 1 aromatic carbocycles. The summed E-state index contributed by atoms with van der Waals surface area (Å²) in [7, 11) is 3.45. The Balaban J connectivity index is 2.28. The first-order valence-corrected chi connectivity index (χ1v) is 6.23. The average molecular weight is 294 g/mol. The summed E-state index contributed by atoms with van der Waals surface area (Å²) in [4.78, 5) is 0. The van der Waals surface area contributed by atoms with E-state index in [0.717, 1.165) is 17.7 Å². The monoisotopic (exact) mass is 294 g/mol. The molecule has 0 aliphatic carbocycles. The van der Waals surface area contributed by atoms with E-state index >= 15 is 0 Å². The van der Waals surface area contributed by atoms with Gasteiger partial charge in [-0.25, -0.2) is 0 Å². The molecule has 0 fully saturated rings. The van der Waals surface area contributed by atoms with E-state index in [0.29, 0.717) is 22.3 Å². The Labute approximate surface area is 118 Å². The van der Waals surface area contributed by atoms with E-state index in [1.54, 1.807) is 29.5 Å². The maximum Gasteiger partial charge on any atom is 0.416 e. The van der Waals surface area contributed by atoms with Gasteiger partial charge in [0.05, 0.1) is 23.1 Å². The van der Waals surface area contributed by atoms with Crippen LogP contribution in [0.3, 0.4) is 0 Å². The zero-order valence-electron chi connectivity index (χ0n) is 11.4. The predicted octanol–water partition coefficient (Wildman–Crippen LogP) is 3.18. The minimum Gasteiger partial charge on any atom is -0.396 e. The summed E-state index contributed by atoms with van der Waals surface area (Å²) in [5.74, 6) is 0. The number of aromatic nitrogens is 3. The minimum absolute atomic E-state index is 0.491. The number of rotatable bonds is 1. The van der Waals surface area contributed by atoms with Crippen molar-refractivity contribution < 1.29 is 13.2 Å². The molecule has 0 unspecified atom stereocenters. The topological polar surface area (TPSA) is 48.8 Å². The molecule has 7 heteroatoms. The smallest absolute Gasteiger partial charge is 0.396 e. The highest BCUT2D eigenvalue weighted by Gasteiger charge is 2.31. The summed E-state index contributed by atoms with van der Waals surface area (Å²) in [6.45, 7) is 0. The molecule has 110 valence electrons. The van der Waals surface area contributed by atoms with Crippen LogP contribution >= 0.6 is 0 Å². The number of nitrogens with two attached hydrogens (primary N) is 1. The van der Waals surface area contributed by atoms with Crippen LogP contribution in [0.5, 0.6) is 0 Å². The lowest BCUT2D eigenvalue weighted by molar-refractivity contribution is -0.137. The van der Waals surface area contributed by atoms with Crippen LogP contribution in [0.2, 0.25) is 0 Å². The number of aryl methyl sites for hydroxylation is 2. The van der Waals surface area contributed by atoms with E-state index in [2.05, 4.69) is 5.10 Å². The second kappa shape index (κ2) is 4.28. The standard InChI is InChI=1S/C14H13F3N4/c1-20-7-10(13-11(18)6-19-21(13)2)9-4-3-8(5-12(9)20)14(15,16)17/h3-7H,18H2,1-2H3. The van der Waals surface area contributed by atoms with Crippen molar-refractivity contribution in [2.45, 2.75) is 6.18 Å². The molecular weight excluding hydrogens is 281 g/mol. The lowest BCUT2D eigenvalue weighted by atomic mass is 10.1. The highest BCUT2D eigenvalue weighted by molar-refractivity contribution is 5.98. The number of nitrogen functional groups attached to an aromatic ring is 1. The molecule has 2 heterocycles. The van der Waals surface area contributed by atoms with E-state index in [1.807, 2.05) is 0 Å². The Bertz CT molecular complexity index is 807. The molecule has 2 N–H and O–H groups in total. The van der Waals surface area contributed by atoms with Gasteiger partial charge in [-0.2, -0.15) is 18.3 Å². The SMILES string of the molecule is Cn1ncc(N)c1-c1cn(C)c2cc(C(F)(F)F)ccc12. The van der Waals surface area contributed by atoms with Gasteiger partial charge < -0.3 is 10.3 Å². The molecule has 0 bridgehead atoms. The summed E-state index contributed by atoms with van der Waals surface area (Å²) in [6, 6.07) is 3.70. The molecule has 0 aliphatic rings. The van der Waals surface area contributed by atoms with Crippen LogP contribution in [0.4, 0.5) is 18.9 Å². The van der Waals surface area contributed by atoms with Crippen LogP contribution in [0.1, 0.15) is 5.56 Å². The van der Waals surface area contributed by atoms with Gasteiger partial charge in [0.1, 0.15) is 0 Å². The Kier molecular flexibility index (Phi) is 2.76. The number of halogens is 3. The second-order valence-electron chi connectivity index (χ2n) is 4.96. The van der Waals surface area contributed by atoms with Crippen LogP contribution in [-0.2, 0) is 20.3 Å². The molecule has 2 aromatic heterocycles. The number of nitrogens with zero attached hydrogens (tertiary/aromatic N) is 3. The molecule has 0 saturated heterocycles. The lowest BCUT2D eigenvalue weighted by Gasteiger charge is -2.07. The van der Waals surface area contributed by atoms with Gasteiger partial charge >= 0.3 is 6.18 Å². The second-order valence-corrected chi connectivity index (χ2v) is 4.96. The number of hydrogen-bond donors (Lipinski definition) is 1. The molecule has 0 saturated carbocycles. The van der Waals surface area contributed by atoms with Crippen LogP contribution in [0.25, 0.3) is 22.2 Å². The van der Waals surface area contributed by atoms with Crippen molar-refractivity contribution in [1.29, 1.82) is 0 Å². The number of fused-ring (bicyclic) bond motifs is 1. The predicted molar refractivity (Wildman–Crippen MR) is 74.5 cm³/mol. The number of hydrogen-bond acceptors (Lipinski definition) is 2. The van der Waals surface area contributed by atoms with Crippen molar-refractivity contribution in [3.8, 4) is 11.3 Å². The minimum atomic E-state index is -4.36. The normalized spacial score (nSPS) is 12.2. The van der Waals surface area contributed by atoms with Crippen molar-refractivity contribution in [3.05, 3.63) is 36.2 Å². The van der Waals surface area contributed by atoms with E-state index in [4.69, 9.17) is 5.73 Å². The third-order valence-electron chi connectivity index (χ3n) is 3.54. The van der Waals surface area contributed by atoms with E-state index in [-0.39, 0.29) is 0 Å². The van der Waals surface area contributed by atoms with Crippen LogP contribution in [0.15, 0.2) is 30.6 Å². The lowest BCUT2D eigenvalue weighted by Crippen LogP contribution is -2.04. The van der Waals surface area contributed by atoms with Gasteiger partial charge in [-0.1, -0.05) is 6.07 Å². The fourth-order valence-electron chi connectivity index (χ4n) is 2.53. The fourth-order valence-corrected chi connectivity index (χ4v) is 2.53. The Morgan fingerprint density at radius 3 is 2.48 bits per heavy atom. The van der Waals surface area contributed by atoms with Gasteiger partial charge in [0.2, 0.25) is 0 Å². The van der Waals surface area contributed by atoms with Crippen molar-refractivity contribution in [3.63, 3.8) is 0 Å². The van der Waals surface area contributed by atoms with Gasteiger partial charge in [-0.05, 0) is 12.1 Å². The number of alkyl halides is 3. The Morgan fingerprint density at radius 2 is 1.90 bits per heavy atom. The van der Waals surface area contributed by atoms with Gasteiger partial charge in [0, 0.05) is 36.8 Å². The van der Waals surface area contributed by atoms with Crippen LogP contribution in [0, 0.1) is 0 Å². The molecule has 0 amide bonds. The van der Waals surface area contributed by atoms with Crippen LogP contribution in [-0.4, -0.2) is 14.3 Å². The zero-order chi connectivity index (χ0) is 15.4. The van der Waals surface area contributed by atoms with Crippen molar-refractivity contribution in [2.75, 3.05) is 5.73 Å². The first-order valence-electron chi connectivity index (χ1n) is 6.23. The maximum atomic E-state index is 12.8. The van der Waals surface area contributed by atoms with Gasteiger partial charge in [0.25, 0.3) is 0 Å². The van der Waals surface area contributed by atoms with Gasteiger partial charge in [0.15, 0.2) is 0 Å². The number of benzene rings is 1. The van der Waals surface area contributed by atoms with Crippen molar-refractivity contribution >= 4 is 16.6 Å². The third-order valence-corrected chi connectivity index (χ3v) is 3.54. The first-order chi connectivity index (χ1) is 9.79. The van der Waals surface area contributed by atoms with Gasteiger partial charge in [-0.3, -0.25) is 4.68 Å². The Hall–Kier alpha value is -2.44. The summed E-state index contributed by atoms with van der Waals surface area (Å²) in [5, 5.41) is 4.78. The summed E-state index contributed by atoms with van der Waals surface area (Å²) >= 11 is 0. The van der Waals surface area contributed by atoms with Crippen molar-refractivity contribution in [2.24, 2.45) is 14.1 Å². The molecule has 0 spiro atoms. The molecular formula is C14H13F3N4. The zero-order valence-corrected chi connectivity index (χ0v) is 11.4. The third kappa shape index (κ3) is 2.05. The molecule has 0 atom stereocenters. The summed E-state index contributed by atoms with van der Waals surface area (Å²) in [6.07, 6.45) is -1.07. The quantitative estimate of drug-likeness (QED) is 0.749. The largest absolute Gasteiger partial charge is 0.416 e. The van der Waals surface area contributed by atoms with E-state index in [1.165, 1.54) is 12.3 Å². The fraction of sp³-hybridized carbons (Fsp3) is 0.214. The molecule has 0 aliphatic heterocycles. The highest BCUT2D eigenvalue weighted by atomic mass is 19.4. The molecule has 0 radical (unpaired) electrons. The highest BCUT2D eigenvalue weighted by Crippen LogP contribution is 2.37. The first kappa shape index (κ1) is 13.5. The number of anilines is 1. The molecule has 21 heavy (non-hydrogen) atoms. The molecule has 3 rings (SSSR count). The summed E-state index contributed by atoms with van der Waals surface area (Å²) in [5.41, 5.74) is 7.68.